The van der Waals surface area contributed by atoms with Gasteiger partial charge in [0.2, 0.25) is 0 Å². The molecule has 0 unspecified atom stereocenters. The van der Waals surface area contributed by atoms with Crippen LogP contribution in [0.15, 0.2) is 0 Å². The molecule has 0 saturated heterocycles. The van der Waals surface area contributed by atoms with E-state index in [0.717, 1.165) is 13.1 Å². The zero-order valence-corrected chi connectivity index (χ0v) is 9.32. The van der Waals surface area contributed by atoms with Crippen LogP contribution in [0.25, 0.3) is 0 Å². The van der Waals surface area contributed by atoms with E-state index in [2.05, 4.69) is 31.4 Å². The van der Waals surface area contributed by atoms with E-state index in [9.17, 15) is 0 Å². The van der Waals surface area contributed by atoms with Crippen molar-refractivity contribution in [1.82, 2.24) is 10.6 Å². The largest absolute Gasteiger partial charge is 0.316 e. The summed E-state index contributed by atoms with van der Waals surface area (Å²) in [4.78, 5) is 0. The minimum atomic E-state index is 0.626. The number of hydrogen-bond acceptors (Lipinski definition) is 2. The molecule has 2 N–H and O–H groups in total. The lowest BCUT2D eigenvalue weighted by Gasteiger charge is -2.11. The van der Waals surface area contributed by atoms with Gasteiger partial charge in [0.1, 0.15) is 0 Å². The predicted octanol–water partition coefficient (Wildman–Crippen LogP) is 1.76. The van der Waals surface area contributed by atoms with E-state index in [-0.39, 0.29) is 0 Å². The Morgan fingerprint density at radius 2 is 1.92 bits per heavy atom. The van der Waals surface area contributed by atoms with Gasteiger partial charge in [-0.3, -0.25) is 0 Å². The monoisotopic (exact) mass is 184 g/mol. The first-order valence-corrected chi connectivity index (χ1v) is 5.56. The van der Waals surface area contributed by atoms with E-state index in [1.165, 1.54) is 25.8 Å². The highest BCUT2D eigenvalue weighted by atomic mass is 14.9. The number of nitrogens with one attached hydrogen (secondary N) is 2. The van der Waals surface area contributed by atoms with Crippen molar-refractivity contribution >= 4 is 0 Å². The van der Waals surface area contributed by atoms with Crippen LogP contribution in [0.5, 0.6) is 0 Å². The molecule has 0 aromatic heterocycles. The molecule has 2 heteroatoms. The quantitative estimate of drug-likeness (QED) is 0.589. The van der Waals surface area contributed by atoms with Gasteiger partial charge in [-0.2, -0.15) is 0 Å². The highest BCUT2D eigenvalue weighted by molar-refractivity contribution is 4.90. The standard InChI is InChI=1S/C11H24N2/c1-10(2)13-8-4-7-12-9-11(3)5-6-11/h10,12-13H,4-9H2,1-3H3. The van der Waals surface area contributed by atoms with Crippen molar-refractivity contribution in [2.75, 3.05) is 19.6 Å². The van der Waals surface area contributed by atoms with Crippen LogP contribution in [-0.2, 0) is 0 Å². The van der Waals surface area contributed by atoms with Crippen LogP contribution in [0.4, 0.5) is 0 Å². The zero-order chi connectivity index (χ0) is 9.73. The summed E-state index contributed by atoms with van der Waals surface area (Å²) >= 11 is 0. The van der Waals surface area contributed by atoms with Crippen molar-refractivity contribution < 1.29 is 0 Å². The first kappa shape index (κ1) is 11.0. The lowest BCUT2D eigenvalue weighted by molar-refractivity contribution is 0.482. The minimum absolute atomic E-state index is 0.626. The fourth-order valence-electron chi connectivity index (χ4n) is 1.38. The molecular formula is C11H24N2. The maximum atomic E-state index is 3.52. The van der Waals surface area contributed by atoms with Crippen LogP contribution in [0, 0.1) is 5.41 Å². The molecule has 1 aliphatic rings. The molecule has 2 nitrogen and oxygen atoms in total. The summed E-state index contributed by atoms with van der Waals surface area (Å²) in [6.07, 6.45) is 4.09. The summed E-state index contributed by atoms with van der Waals surface area (Å²) in [5.41, 5.74) is 0.658. The van der Waals surface area contributed by atoms with Gasteiger partial charge in [-0.05, 0) is 37.8 Å². The Hall–Kier alpha value is -0.0800. The van der Waals surface area contributed by atoms with E-state index in [1.54, 1.807) is 0 Å². The van der Waals surface area contributed by atoms with Crippen LogP contribution < -0.4 is 10.6 Å². The van der Waals surface area contributed by atoms with Gasteiger partial charge in [0.25, 0.3) is 0 Å². The second kappa shape index (κ2) is 4.97. The molecule has 78 valence electrons. The van der Waals surface area contributed by atoms with Crippen LogP contribution in [-0.4, -0.2) is 25.7 Å². The molecule has 0 aromatic carbocycles. The van der Waals surface area contributed by atoms with E-state index >= 15 is 0 Å². The third-order valence-electron chi connectivity index (χ3n) is 2.74. The molecule has 0 aromatic rings. The summed E-state index contributed by atoms with van der Waals surface area (Å²) in [7, 11) is 0. The van der Waals surface area contributed by atoms with Gasteiger partial charge in [-0.15, -0.1) is 0 Å². The fourth-order valence-corrected chi connectivity index (χ4v) is 1.38. The molecule has 0 aliphatic heterocycles. The minimum Gasteiger partial charge on any atom is -0.316 e. The lowest BCUT2D eigenvalue weighted by Crippen LogP contribution is -2.28. The molecular weight excluding hydrogens is 160 g/mol. The molecule has 0 amide bonds. The highest BCUT2D eigenvalue weighted by Gasteiger charge is 2.36. The highest BCUT2D eigenvalue weighted by Crippen LogP contribution is 2.43. The first-order valence-electron chi connectivity index (χ1n) is 5.56. The Kier molecular flexibility index (Phi) is 4.20. The van der Waals surface area contributed by atoms with Crippen LogP contribution in [0.3, 0.4) is 0 Å². The Morgan fingerprint density at radius 3 is 2.46 bits per heavy atom. The predicted molar refractivity (Wildman–Crippen MR) is 58.0 cm³/mol. The summed E-state index contributed by atoms with van der Waals surface area (Å²) in [6, 6.07) is 0.626. The first-order chi connectivity index (χ1) is 6.12. The topological polar surface area (TPSA) is 24.1 Å². The van der Waals surface area contributed by atoms with Gasteiger partial charge in [0, 0.05) is 12.6 Å². The molecule has 1 fully saturated rings. The molecule has 0 atom stereocenters. The molecule has 13 heavy (non-hydrogen) atoms. The lowest BCUT2D eigenvalue weighted by atomic mass is 10.1. The summed E-state index contributed by atoms with van der Waals surface area (Å²) in [5.74, 6) is 0. The average molecular weight is 184 g/mol. The number of rotatable bonds is 7. The van der Waals surface area contributed by atoms with Gasteiger partial charge in [0.15, 0.2) is 0 Å². The van der Waals surface area contributed by atoms with Crippen molar-refractivity contribution in [1.29, 1.82) is 0 Å². The maximum Gasteiger partial charge on any atom is 0.00103 e. The van der Waals surface area contributed by atoms with Gasteiger partial charge < -0.3 is 10.6 Å². The summed E-state index contributed by atoms with van der Waals surface area (Å²) in [5, 5.41) is 6.94. The normalized spacial score (nSPS) is 19.4. The van der Waals surface area contributed by atoms with Gasteiger partial charge >= 0.3 is 0 Å². The summed E-state index contributed by atoms with van der Waals surface area (Å²) < 4.78 is 0. The van der Waals surface area contributed by atoms with Gasteiger partial charge in [0.05, 0.1) is 0 Å². The van der Waals surface area contributed by atoms with Crippen molar-refractivity contribution in [3.05, 3.63) is 0 Å². The molecule has 0 radical (unpaired) electrons. The third kappa shape index (κ3) is 5.27. The van der Waals surface area contributed by atoms with Crippen molar-refractivity contribution in [2.24, 2.45) is 5.41 Å². The van der Waals surface area contributed by atoms with Crippen LogP contribution in [0.1, 0.15) is 40.0 Å². The third-order valence-corrected chi connectivity index (χ3v) is 2.74. The second-order valence-electron chi connectivity index (χ2n) is 4.95. The molecule has 1 rings (SSSR count). The van der Waals surface area contributed by atoms with Gasteiger partial charge in [-0.1, -0.05) is 20.8 Å². The smallest absolute Gasteiger partial charge is 0.00103 e. The second-order valence-corrected chi connectivity index (χ2v) is 4.95. The number of hydrogen-bond donors (Lipinski definition) is 2. The molecule has 0 spiro atoms. The van der Waals surface area contributed by atoms with E-state index in [1.807, 2.05) is 0 Å². The SMILES string of the molecule is CC(C)NCCCNCC1(C)CC1. The van der Waals surface area contributed by atoms with E-state index in [0.29, 0.717) is 11.5 Å². The van der Waals surface area contributed by atoms with Crippen molar-refractivity contribution in [3.8, 4) is 0 Å². The van der Waals surface area contributed by atoms with Crippen LogP contribution in [0.2, 0.25) is 0 Å². The molecule has 1 aliphatic carbocycles. The van der Waals surface area contributed by atoms with Crippen LogP contribution >= 0.6 is 0 Å². The molecule has 0 heterocycles. The Bertz CT molecular complexity index is 139. The Labute approximate surface area is 82.5 Å². The van der Waals surface area contributed by atoms with E-state index < -0.39 is 0 Å². The summed E-state index contributed by atoms with van der Waals surface area (Å²) in [6.45, 7) is 10.3. The Balaban J connectivity index is 1.79. The zero-order valence-electron chi connectivity index (χ0n) is 9.32. The molecule has 0 bridgehead atoms. The van der Waals surface area contributed by atoms with Gasteiger partial charge in [-0.25, -0.2) is 0 Å². The Morgan fingerprint density at radius 1 is 1.23 bits per heavy atom. The maximum absolute atomic E-state index is 3.52. The fraction of sp³-hybridized carbons (Fsp3) is 1.00. The van der Waals surface area contributed by atoms with E-state index in [4.69, 9.17) is 0 Å². The van der Waals surface area contributed by atoms with Crippen molar-refractivity contribution in [3.63, 3.8) is 0 Å². The molecule has 1 saturated carbocycles. The van der Waals surface area contributed by atoms with Crippen molar-refractivity contribution in [2.45, 2.75) is 46.1 Å². The average Bonchev–Trinajstić information content (AvgIpc) is 2.76.